The van der Waals surface area contributed by atoms with Crippen LogP contribution in [-0.2, 0) is 10.1 Å². The number of rotatable bonds is 6. The summed E-state index contributed by atoms with van der Waals surface area (Å²) < 4.78 is 48.0. The van der Waals surface area contributed by atoms with Gasteiger partial charge in [-0.05, 0) is 50.6 Å². The molecule has 2 atom stereocenters. The van der Waals surface area contributed by atoms with Gasteiger partial charge in [-0.15, -0.1) is 0 Å². The van der Waals surface area contributed by atoms with Crippen molar-refractivity contribution in [2.45, 2.75) is 50.2 Å². The fourth-order valence-corrected chi connectivity index (χ4v) is 3.05. The molecule has 0 spiro atoms. The molecule has 2 heterocycles. The molecule has 0 amide bonds. The minimum atomic E-state index is -4.02. The molecule has 0 bridgehead atoms. The minimum Gasteiger partial charge on any atom is -0.487 e. The number of halogens is 1. The normalized spacial score (nSPS) is 17.3. The molecule has 1 aliphatic heterocycles. The molecular formula is C19H25FN2O4S. The van der Waals surface area contributed by atoms with Gasteiger partial charge in [-0.1, -0.05) is 31.0 Å². The first kappa shape index (κ1) is 21.3. The highest BCUT2D eigenvalue weighted by Crippen LogP contribution is 2.19. The van der Waals surface area contributed by atoms with E-state index in [1.165, 1.54) is 24.4 Å². The zero-order valence-corrected chi connectivity index (χ0v) is 16.2. The molecule has 0 radical (unpaired) electrons. The number of aryl methyl sites for hydroxylation is 1. The van der Waals surface area contributed by atoms with Crippen LogP contribution in [0.5, 0.6) is 5.75 Å². The highest BCUT2D eigenvalue weighted by molar-refractivity contribution is 7.85. The molecule has 1 unspecified atom stereocenters. The first-order valence-electron chi connectivity index (χ1n) is 8.85. The Balaban J connectivity index is 0.000000208. The van der Waals surface area contributed by atoms with E-state index in [9.17, 15) is 12.8 Å². The molecule has 6 nitrogen and oxygen atoms in total. The van der Waals surface area contributed by atoms with E-state index in [1.54, 1.807) is 18.2 Å². The predicted octanol–water partition coefficient (Wildman–Crippen LogP) is 3.37. The smallest absolute Gasteiger partial charge is 0.294 e. The average Bonchev–Trinajstić information content (AvgIpc) is 2.56. The quantitative estimate of drug-likeness (QED) is 0.575. The summed E-state index contributed by atoms with van der Waals surface area (Å²) >= 11 is 0. The first-order valence-corrected chi connectivity index (χ1v) is 10.3. The molecule has 3 rings (SSSR count). The summed E-state index contributed by atoms with van der Waals surface area (Å²) in [5.74, 6) is 0.176. The lowest BCUT2D eigenvalue weighted by Gasteiger charge is -2.35. The van der Waals surface area contributed by atoms with Gasteiger partial charge >= 0.3 is 0 Å². The minimum absolute atomic E-state index is 0.0666. The van der Waals surface area contributed by atoms with Crippen molar-refractivity contribution >= 4 is 10.1 Å². The Bertz CT molecular complexity index is 807. The summed E-state index contributed by atoms with van der Waals surface area (Å²) in [5, 5.41) is 3.34. The Morgan fingerprint density at radius 3 is 2.41 bits per heavy atom. The van der Waals surface area contributed by atoms with Gasteiger partial charge < -0.3 is 10.1 Å². The molecule has 0 aliphatic carbocycles. The van der Waals surface area contributed by atoms with Crippen molar-refractivity contribution in [2.24, 2.45) is 0 Å². The third-order valence-electron chi connectivity index (χ3n) is 4.19. The molecule has 0 saturated carbocycles. The molecule has 2 N–H and O–H groups in total. The summed E-state index contributed by atoms with van der Waals surface area (Å²) in [6, 6.07) is 9.38. The molecule has 1 saturated heterocycles. The number of benzene rings is 1. The summed E-state index contributed by atoms with van der Waals surface area (Å²) in [4.78, 5) is 3.52. The fourth-order valence-electron chi connectivity index (χ4n) is 2.57. The van der Waals surface area contributed by atoms with E-state index in [0.717, 1.165) is 31.4 Å². The number of aromatic nitrogens is 1. The maximum absolute atomic E-state index is 12.6. The second-order valence-electron chi connectivity index (χ2n) is 6.40. The topological polar surface area (TPSA) is 88.5 Å². The Morgan fingerprint density at radius 2 is 1.96 bits per heavy atom. The Labute approximate surface area is 159 Å². The molecule has 148 valence electrons. The predicted molar refractivity (Wildman–Crippen MR) is 101 cm³/mol. The van der Waals surface area contributed by atoms with Gasteiger partial charge in [-0.25, -0.2) is 4.98 Å². The molecule has 1 aromatic heterocycles. The summed E-state index contributed by atoms with van der Waals surface area (Å²) in [6.45, 7) is 5.04. The van der Waals surface area contributed by atoms with Gasteiger partial charge in [0, 0.05) is 6.04 Å². The Kier molecular flexibility index (Phi) is 7.70. The zero-order chi connectivity index (χ0) is 19.9. The molecule has 1 fully saturated rings. The largest absolute Gasteiger partial charge is 0.487 e. The van der Waals surface area contributed by atoms with E-state index < -0.39 is 16.1 Å². The van der Waals surface area contributed by atoms with Crippen LogP contribution >= 0.6 is 0 Å². The van der Waals surface area contributed by atoms with Crippen LogP contribution < -0.4 is 10.1 Å². The van der Waals surface area contributed by atoms with Gasteiger partial charge in [0.05, 0.1) is 11.1 Å². The fraction of sp³-hybridized carbons (Fsp3) is 0.421. The summed E-state index contributed by atoms with van der Waals surface area (Å²) in [5.41, 5.74) is 0.956. The third kappa shape index (κ3) is 6.89. The third-order valence-corrected chi connectivity index (χ3v) is 5.06. The second kappa shape index (κ2) is 9.77. The van der Waals surface area contributed by atoms with E-state index in [1.807, 2.05) is 6.92 Å². The molecule has 8 heteroatoms. The number of pyridine rings is 1. The van der Waals surface area contributed by atoms with E-state index in [-0.39, 0.29) is 11.0 Å². The highest BCUT2D eigenvalue weighted by Gasteiger charge is 2.27. The van der Waals surface area contributed by atoms with Gasteiger partial charge in [0.2, 0.25) is 5.95 Å². The monoisotopic (exact) mass is 396 g/mol. The zero-order valence-electron chi connectivity index (χ0n) is 15.4. The van der Waals surface area contributed by atoms with Gasteiger partial charge in [-0.3, -0.25) is 4.55 Å². The lowest BCUT2D eigenvalue weighted by molar-refractivity contribution is 0.108. The summed E-state index contributed by atoms with van der Waals surface area (Å²) in [7, 11) is -4.02. The van der Waals surface area contributed by atoms with Crippen LogP contribution in [0.15, 0.2) is 47.5 Å². The number of ether oxygens (including phenoxy) is 1. The van der Waals surface area contributed by atoms with Gasteiger partial charge in [0.25, 0.3) is 10.1 Å². The maximum Gasteiger partial charge on any atom is 0.294 e. The number of nitrogens with zero attached hydrogens (tertiary/aromatic N) is 1. The van der Waals surface area contributed by atoms with Crippen LogP contribution in [0.3, 0.4) is 0 Å². The van der Waals surface area contributed by atoms with Crippen LogP contribution in [0.4, 0.5) is 4.39 Å². The van der Waals surface area contributed by atoms with Crippen molar-refractivity contribution in [2.75, 3.05) is 6.54 Å². The SMILES string of the molecule is CCCC(Oc1ccc(F)nc1)[C@@H]1CCN1.Cc1ccc(S(=O)(=O)O)cc1. The number of nitrogens with one attached hydrogen (secondary N) is 1. The Hall–Kier alpha value is -2.03. The number of hydrogen-bond donors (Lipinski definition) is 2. The van der Waals surface area contributed by atoms with Crippen molar-refractivity contribution in [3.05, 3.63) is 54.1 Å². The van der Waals surface area contributed by atoms with Gasteiger partial charge in [-0.2, -0.15) is 12.8 Å². The van der Waals surface area contributed by atoms with E-state index in [4.69, 9.17) is 9.29 Å². The molecule has 27 heavy (non-hydrogen) atoms. The van der Waals surface area contributed by atoms with Crippen molar-refractivity contribution in [3.63, 3.8) is 0 Å². The van der Waals surface area contributed by atoms with Crippen LogP contribution in [0.2, 0.25) is 0 Å². The van der Waals surface area contributed by atoms with Crippen LogP contribution in [-0.4, -0.2) is 36.6 Å². The van der Waals surface area contributed by atoms with E-state index >= 15 is 0 Å². The molecule has 1 aliphatic rings. The van der Waals surface area contributed by atoms with Crippen molar-refractivity contribution < 1.29 is 22.1 Å². The Morgan fingerprint density at radius 1 is 1.30 bits per heavy atom. The first-order chi connectivity index (χ1) is 12.8. The maximum atomic E-state index is 12.6. The molecule has 1 aromatic carbocycles. The van der Waals surface area contributed by atoms with E-state index in [0.29, 0.717) is 11.8 Å². The van der Waals surface area contributed by atoms with Crippen LogP contribution in [0.25, 0.3) is 0 Å². The molecule has 2 aromatic rings. The van der Waals surface area contributed by atoms with Crippen LogP contribution in [0, 0.1) is 12.9 Å². The van der Waals surface area contributed by atoms with Crippen molar-refractivity contribution in [1.82, 2.24) is 10.3 Å². The summed E-state index contributed by atoms with van der Waals surface area (Å²) in [6.07, 6.45) is 4.86. The lowest BCUT2D eigenvalue weighted by atomic mass is 9.97. The standard InChI is InChI=1S/C12H17FN2O.C7H8O3S/c1-2-3-11(10-6-7-14-10)16-9-4-5-12(13)15-8-9;1-6-2-4-7(5-3-6)11(8,9)10/h4-5,8,10-11,14H,2-3,6-7H2,1H3;2-5H,1H3,(H,8,9,10)/t10-,11?;/m0./s1. The number of hydrogen-bond acceptors (Lipinski definition) is 5. The van der Waals surface area contributed by atoms with Crippen molar-refractivity contribution in [1.29, 1.82) is 0 Å². The van der Waals surface area contributed by atoms with E-state index in [2.05, 4.69) is 17.2 Å². The lowest BCUT2D eigenvalue weighted by Crippen LogP contribution is -2.52. The molecular weight excluding hydrogens is 371 g/mol. The van der Waals surface area contributed by atoms with Crippen molar-refractivity contribution in [3.8, 4) is 5.75 Å². The van der Waals surface area contributed by atoms with Gasteiger partial charge in [0.1, 0.15) is 11.9 Å². The van der Waals surface area contributed by atoms with Crippen LogP contribution in [0.1, 0.15) is 31.7 Å². The second-order valence-corrected chi connectivity index (χ2v) is 7.82. The average molecular weight is 396 g/mol. The highest BCUT2D eigenvalue weighted by atomic mass is 32.2. The van der Waals surface area contributed by atoms with Gasteiger partial charge in [0.15, 0.2) is 0 Å².